The van der Waals surface area contributed by atoms with Crippen LogP contribution in [0.2, 0.25) is 0 Å². The second-order valence-electron chi connectivity index (χ2n) is 4.45. The lowest BCUT2D eigenvalue weighted by Gasteiger charge is -2.18. The van der Waals surface area contributed by atoms with E-state index in [1.54, 1.807) is 31.3 Å². The maximum Gasteiger partial charge on any atom is 0.257 e. The highest BCUT2D eigenvalue weighted by molar-refractivity contribution is 9.10. The number of pyridine rings is 1. The van der Waals surface area contributed by atoms with Crippen LogP contribution in [0.4, 0.5) is 5.82 Å². The summed E-state index contributed by atoms with van der Waals surface area (Å²) < 4.78 is 0.785. The molecular formula is C15H16BrN3O. The summed E-state index contributed by atoms with van der Waals surface area (Å²) in [5.74, 6) is 0.519. The van der Waals surface area contributed by atoms with E-state index in [1.165, 1.54) is 0 Å². The number of nitrogens with zero attached hydrogens (tertiary/aromatic N) is 2. The number of benzene rings is 1. The number of hydrogen-bond acceptors (Lipinski definition) is 3. The molecule has 0 aliphatic rings. The minimum Gasteiger partial charge on any atom is -0.372 e. The van der Waals surface area contributed by atoms with Crippen molar-refractivity contribution in [1.29, 1.82) is 0 Å². The van der Waals surface area contributed by atoms with Crippen LogP contribution in [-0.2, 0) is 6.54 Å². The SMILES string of the molecule is CNc1ncc(Br)cc1C(=O)N(C)Cc1ccccc1. The Labute approximate surface area is 127 Å². The van der Waals surface area contributed by atoms with Gasteiger partial charge in [-0.05, 0) is 27.6 Å². The highest BCUT2D eigenvalue weighted by Crippen LogP contribution is 2.19. The van der Waals surface area contributed by atoms with Crippen molar-refractivity contribution < 1.29 is 4.79 Å². The average Bonchev–Trinajstić information content (AvgIpc) is 2.47. The quantitative estimate of drug-likeness (QED) is 0.934. The summed E-state index contributed by atoms with van der Waals surface area (Å²) in [6, 6.07) is 11.7. The van der Waals surface area contributed by atoms with Gasteiger partial charge in [-0.1, -0.05) is 30.3 Å². The lowest BCUT2D eigenvalue weighted by atomic mass is 10.2. The van der Waals surface area contributed by atoms with Gasteiger partial charge in [-0.2, -0.15) is 0 Å². The molecule has 0 aliphatic carbocycles. The maximum atomic E-state index is 12.5. The van der Waals surface area contributed by atoms with Gasteiger partial charge in [0.2, 0.25) is 0 Å². The number of nitrogens with one attached hydrogen (secondary N) is 1. The molecule has 0 fully saturated rings. The van der Waals surface area contributed by atoms with Crippen LogP contribution < -0.4 is 5.32 Å². The Morgan fingerprint density at radius 3 is 2.70 bits per heavy atom. The number of hydrogen-bond donors (Lipinski definition) is 1. The Bertz CT molecular complexity index is 601. The molecule has 4 nitrogen and oxygen atoms in total. The summed E-state index contributed by atoms with van der Waals surface area (Å²) in [6.45, 7) is 0.565. The summed E-state index contributed by atoms with van der Waals surface area (Å²) in [5.41, 5.74) is 1.65. The van der Waals surface area contributed by atoms with E-state index in [0.717, 1.165) is 10.0 Å². The van der Waals surface area contributed by atoms with Gasteiger partial charge in [0, 0.05) is 31.3 Å². The van der Waals surface area contributed by atoms with Gasteiger partial charge in [0.05, 0.1) is 5.56 Å². The number of carbonyl (C=O) groups excluding carboxylic acids is 1. The highest BCUT2D eigenvalue weighted by atomic mass is 79.9. The summed E-state index contributed by atoms with van der Waals surface area (Å²) in [6.07, 6.45) is 1.67. The molecule has 0 radical (unpaired) electrons. The third kappa shape index (κ3) is 3.36. The summed E-state index contributed by atoms with van der Waals surface area (Å²) in [5, 5.41) is 2.94. The second-order valence-corrected chi connectivity index (χ2v) is 5.36. The van der Waals surface area contributed by atoms with Crippen LogP contribution in [0.3, 0.4) is 0 Å². The summed E-state index contributed by atoms with van der Waals surface area (Å²) >= 11 is 3.35. The Morgan fingerprint density at radius 2 is 2.05 bits per heavy atom. The zero-order chi connectivity index (χ0) is 14.5. The zero-order valence-corrected chi connectivity index (χ0v) is 13.0. The summed E-state index contributed by atoms with van der Waals surface area (Å²) in [7, 11) is 3.54. The van der Waals surface area contributed by atoms with E-state index in [9.17, 15) is 4.79 Å². The normalized spacial score (nSPS) is 10.2. The average molecular weight is 334 g/mol. The van der Waals surface area contributed by atoms with Crippen LogP contribution >= 0.6 is 15.9 Å². The fraction of sp³-hybridized carbons (Fsp3) is 0.200. The van der Waals surface area contributed by atoms with E-state index in [0.29, 0.717) is 17.9 Å². The fourth-order valence-electron chi connectivity index (χ4n) is 1.94. The molecule has 0 saturated carbocycles. The zero-order valence-electron chi connectivity index (χ0n) is 11.4. The maximum absolute atomic E-state index is 12.5. The monoisotopic (exact) mass is 333 g/mol. The lowest BCUT2D eigenvalue weighted by Crippen LogP contribution is -2.27. The van der Waals surface area contributed by atoms with E-state index >= 15 is 0 Å². The molecule has 2 aromatic rings. The van der Waals surface area contributed by atoms with Crippen molar-refractivity contribution in [1.82, 2.24) is 9.88 Å². The fourth-order valence-corrected chi connectivity index (χ4v) is 2.27. The molecule has 2 rings (SSSR count). The van der Waals surface area contributed by atoms with Crippen molar-refractivity contribution in [3.05, 3.63) is 58.2 Å². The topological polar surface area (TPSA) is 45.2 Å². The number of halogens is 1. The van der Waals surface area contributed by atoms with Gasteiger partial charge < -0.3 is 10.2 Å². The van der Waals surface area contributed by atoms with E-state index in [-0.39, 0.29) is 5.91 Å². The molecule has 1 N–H and O–H groups in total. The molecule has 20 heavy (non-hydrogen) atoms. The van der Waals surface area contributed by atoms with Crippen LogP contribution in [-0.4, -0.2) is 29.9 Å². The molecule has 0 aliphatic heterocycles. The first-order valence-corrected chi connectivity index (χ1v) is 7.04. The molecule has 1 aromatic heterocycles. The molecule has 0 atom stereocenters. The molecule has 0 saturated heterocycles. The molecule has 104 valence electrons. The van der Waals surface area contributed by atoms with Crippen LogP contribution in [0, 0.1) is 0 Å². The predicted molar refractivity (Wildman–Crippen MR) is 83.7 cm³/mol. The van der Waals surface area contributed by atoms with Crippen LogP contribution in [0.15, 0.2) is 47.1 Å². The Balaban J connectivity index is 2.20. The first-order chi connectivity index (χ1) is 9.61. The third-order valence-corrected chi connectivity index (χ3v) is 3.36. The van der Waals surface area contributed by atoms with Crippen LogP contribution in [0.1, 0.15) is 15.9 Å². The van der Waals surface area contributed by atoms with E-state index in [4.69, 9.17) is 0 Å². The van der Waals surface area contributed by atoms with E-state index in [1.807, 2.05) is 30.3 Å². The lowest BCUT2D eigenvalue weighted by molar-refractivity contribution is 0.0785. The summed E-state index contributed by atoms with van der Waals surface area (Å²) in [4.78, 5) is 18.4. The van der Waals surface area contributed by atoms with Crippen LogP contribution in [0.25, 0.3) is 0 Å². The van der Waals surface area contributed by atoms with Gasteiger partial charge in [0.25, 0.3) is 5.91 Å². The van der Waals surface area contributed by atoms with Gasteiger partial charge in [0.1, 0.15) is 5.82 Å². The van der Waals surface area contributed by atoms with Crippen molar-refractivity contribution in [2.45, 2.75) is 6.54 Å². The van der Waals surface area contributed by atoms with Gasteiger partial charge in [-0.15, -0.1) is 0 Å². The van der Waals surface area contributed by atoms with Crippen molar-refractivity contribution >= 4 is 27.7 Å². The Kier molecular flexibility index (Phi) is 4.74. The molecule has 5 heteroatoms. The smallest absolute Gasteiger partial charge is 0.257 e. The predicted octanol–water partition coefficient (Wildman–Crippen LogP) is 3.16. The van der Waals surface area contributed by atoms with Crippen molar-refractivity contribution in [3.63, 3.8) is 0 Å². The van der Waals surface area contributed by atoms with Gasteiger partial charge in [-0.25, -0.2) is 4.98 Å². The first kappa shape index (κ1) is 14.5. The molecule has 1 aromatic carbocycles. The van der Waals surface area contributed by atoms with Gasteiger partial charge in [-0.3, -0.25) is 4.79 Å². The number of anilines is 1. The van der Waals surface area contributed by atoms with Crippen molar-refractivity contribution in [2.24, 2.45) is 0 Å². The molecule has 1 heterocycles. The van der Waals surface area contributed by atoms with E-state index < -0.39 is 0 Å². The standard InChI is InChI=1S/C15H16BrN3O/c1-17-14-13(8-12(16)9-18-14)15(20)19(2)10-11-6-4-3-5-7-11/h3-9H,10H2,1-2H3,(H,17,18). The van der Waals surface area contributed by atoms with E-state index in [2.05, 4.69) is 26.2 Å². The first-order valence-electron chi connectivity index (χ1n) is 6.24. The Morgan fingerprint density at radius 1 is 1.35 bits per heavy atom. The highest BCUT2D eigenvalue weighted by Gasteiger charge is 2.17. The van der Waals surface area contributed by atoms with Gasteiger partial charge in [0.15, 0.2) is 0 Å². The van der Waals surface area contributed by atoms with Gasteiger partial charge >= 0.3 is 0 Å². The largest absolute Gasteiger partial charge is 0.372 e. The molecule has 0 unspecified atom stereocenters. The molecule has 0 spiro atoms. The minimum absolute atomic E-state index is 0.0630. The van der Waals surface area contributed by atoms with Crippen molar-refractivity contribution in [2.75, 3.05) is 19.4 Å². The molecule has 1 amide bonds. The number of carbonyl (C=O) groups is 1. The number of amides is 1. The third-order valence-electron chi connectivity index (χ3n) is 2.93. The Hall–Kier alpha value is -1.88. The minimum atomic E-state index is -0.0630. The number of aromatic nitrogens is 1. The van der Waals surface area contributed by atoms with Crippen molar-refractivity contribution in [3.8, 4) is 0 Å². The molecular weight excluding hydrogens is 318 g/mol. The second kappa shape index (κ2) is 6.52. The molecule has 0 bridgehead atoms. The number of rotatable bonds is 4. The van der Waals surface area contributed by atoms with Crippen LogP contribution in [0.5, 0.6) is 0 Å².